The predicted octanol–water partition coefficient (Wildman–Crippen LogP) is 6.29. The predicted molar refractivity (Wildman–Crippen MR) is 122 cm³/mol. The van der Waals surface area contributed by atoms with Gasteiger partial charge in [0, 0.05) is 18.7 Å². The highest BCUT2D eigenvalue weighted by Crippen LogP contribution is 2.41. The topological polar surface area (TPSA) is 40.5 Å². The lowest BCUT2D eigenvalue weighted by Gasteiger charge is -2.44. The molecule has 1 N–H and O–H groups in total. The molecule has 3 rings (SSSR count). The lowest BCUT2D eigenvalue weighted by Crippen LogP contribution is -2.53. The van der Waals surface area contributed by atoms with Crippen LogP contribution in [0.25, 0.3) is 0 Å². The fourth-order valence-corrected chi connectivity index (χ4v) is 4.15. The minimum Gasteiger partial charge on any atom is -0.384 e. The maximum atomic E-state index is 13.3. The number of ketones is 1. The fourth-order valence-electron chi connectivity index (χ4n) is 3.55. The van der Waals surface area contributed by atoms with Gasteiger partial charge in [-0.1, -0.05) is 59.4 Å². The molecule has 2 atom stereocenters. The highest BCUT2D eigenvalue weighted by Gasteiger charge is 2.46. The number of piperidine rings is 1. The van der Waals surface area contributed by atoms with Gasteiger partial charge in [0.1, 0.15) is 5.60 Å². The molecule has 2 aromatic carbocycles. The number of nitrogens with zero attached hydrogens (tertiary/aromatic N) is 1. The number of Topliss-reactive ketones (excluding diaryl/α,β-unsaturated/α-hetero) is 1. The molecule has 1 aliphatic rings. The van der Waals surface area contributed by atoms with E-state index in [1.165, 1.54) is 0 Å². The molecule has 0 radical (unpaired) electrons. The number of benzene rings is 2. The van der Waals surface area contributed by atoms with Crippen LogP contribution in [0.4, 0.5) is 0 Å². The van der Waals surface area contributed by atoms with Crippen LogP contribution in [-0.2, 0) is 5.60 Å². The Labute approximate surface area is 195 Å². The van der Waals surface area contributed by atoms with Gasteiger partial charge in [-0.3, -0.25) is 4.79 Å². The molecule has 8 heteroatoms. The fraction of sp³-hybridized carbons (Fsp3) is 0.350. The Hall–Kier alpha value is -0.330. The zero-order chi connectivity index (χ0) is 19.8. The van der Waals surface area contributed by atoms with E-state index in [2.05, 4.69) is 4.90 Å². The molecule has 1 heterocycles. The van der Waals surface area contributed by atoms with Crippen molar-refractivity contribution in [1.82, 2.24) is 4.90 Å². The van der Waals surface area contributed by atoms with E-state index in [4.69, 9.17) is 46.4 Å². The van der Waals surface area contributed by atoms with Gasteiger partial charge in [-0.15, -0.1) is 17.0 Å². The minimum atomic E-state index is -1.34. The van der Waals surface area contributed by atoms with Crippen molar-refractivity contribution in [2.75, 3.05) is 19.6 Å². The molecule has 2 aromatic rings. The summed E-state index contributed by atoms with van der Waals surface area (Å²) < 4.78 is 0. The van der Waals surface area contributed by atoms with Crippen LogP contribution < -0.4 is 0 Å². The highest BCUT2D eigenvalue weighted by atomic mass is 79.9. The summed E-state index contributed by atoms with van der Waals surface area (Å²) >= 11 is 24.2. The Bertz CT molecular complexity index is 879. The Balaban J connectivity index is 0.00000280. The van der Waals surface area contributed by atoms with Crippen molar-refractivity contribution >= 4 is 69.2 Å². The van der Waals surface area contributed by atoms with Crippen LogP contribution >= 0.6 is 63.4 Å². The number of aliphatic hydroxyl groups is 1. The molecule has 0 amide bonds. The summed E-state index contributed by atoms with van der Waals surface area (Å²) in [4.78, 5) is 15.5. The average molecular weight is 528 g/mol. The van der Waals surface area contributed by atoms with Gasteiger partial charge in [0.05, 0.1) is 26.0 Å². The second-order valence-electron chi connectivity index (χ2n) is 6.74. The summed E-state index contributed by atoms with van der Waals surface area (Å²) in [7, 11) is 0. The molecular weight excluding hydrogens is 508 g/mol. The van der Waals surface area contributed by atoms with Gasteiger partial charge in [-0.05, 0) is 48.9 Å². The van der Waals surface area contributed by atoms with Crippen molar-refractivity contribution in [1.29, 1.82) is 0 Å². The van der Waals surface area contributed by atoms with E-state index in [-0.39, 0.29) is 22.8 Å². The molecule has 0 spiro atoms. The summed E-state index contributed by atoms with van der Waals surface area (Å²) in [6, 6.07) is 9.79. The van der Waals surface area contributed by atoms with E-state index in [0.29, 0.717) is 50.7 Å². The number of carbonyl (C=O) groups excluding carboxylic acids is 1. The zero-order valence-corrected chi connectivity index (χ0v) is 19.8. The van der Waals surface area contributed by atoms with Crippen LogP contribution in [-0.4, -0.2) is 35.4 Å². The van der Waals surface area contributed by atoms with E-state index in [9.17, 15) is 9.90 Å². The van der Waals surface area contributed by atoms with Crippen molar-refractivity contribution in [3.63, 3.8) is 0 Å². The van der Waals surface area contributed by atoms with Gasteiger partial charge in [0.15, 0.2) is 5.78 Å². The van der Waals surface area contributed by atoms with Crippen molar-refractivity contribution in [3.8, 4) is 0 Å². The van der Waals surface area contributed by atoms with E-state index >= 15 is 0 Å². The summed E-state index contributed by atoms with van der Waals surface area (Å²) in [6.45, 7) is 3.94. The maximum Gasteiger partial charge on any atom is 0.170 e. The molecule has 0 bridgehead atoms. The smallest absolute Gasteiger partial charge is 0.170 e. The Kier molecular flexibility index (Phi) is 8.25. The number of carbonyl (C=O) groups is 1. The number of hydrogen-bond acceptors (Lipinski definition) is 3. The number of likely N-dealkylation sites (tertiary alicyclic amines) is 1. The van der Waals surface area contributed by atoms with E-state index in [0.717, 1.165) is 6.54 Å². The van der Waals surface area contributed by atoms with Crippen LogP contribution in [0.1, 0.15) is 29.3 Å². The molecule has 0 aliphatic carbocycles. The third kappa shape index (κ3) is 4.70. The van der Waals surface area contributed by atoms with Crippen molar-refractivity contribution in [3.05, 3.63) is 67.6 Å². The molecule has 1 aliphatic heterocycles. The first-order valence-electron chi connectivity index (χ1n) is 8.65. The number of halogens is 5. The molecule has 152 valence electrons. The largest absolute Gasteiger partial charge is 0.384 e. The van der Waals surface area contributed by atoms with E-state index < -0.39 is 11.5 Å². The molecule has 28 heavy (non-hydrogen) atoms. The quantitative estimate of drug-likeness (QED) is 0.475. The summed E-state index contributed by atoms with van der Waals surface area (Å²) in [6.07, 6.45) is 0.413. The zero-order valence-electron chi connectivity index (χ0n) is 15.1. The lowest BCUT2D eigenvalue weighted by atomic mass is 9.72. The summed E-state index contributed by atoms with van der Waals surface area (Å²) in [5.74, 6) is -0.846. The van der Waals surface area contributed by atoms with Crippen LogP contribution in [0.3, 0.4) is 0 Å². The second kappa shape index (κ2) is 9.65. The molecule has 1 fully saturated rings. The van der Waals surface area contributed by atoms with Gasteiger partial charge < -0.3 is 10.0 Å². The third-order valence-corrected chi connectivity index (χ3v) is 6.69. The standard InChI is InChI=1S/C20H19Cl4NO2.BrH/c1-2-25-8-7-20(27,13-4-6-16(22)18(24)10-13)14(11-25)19(26)12-3-5-15(21)17(23)9-12;/h3-6,9-10,14,27H,2,7-8,11H2,1H3;1H. The molecule has 0 aromatic heterocycles. The van der Waals surface area contributed by atoms with Gasteiger partial charge in [0.2, 0.25) is 0 Å². The number of hydrogen-bond donors (Lipinski definition) is 1. The monoisotopic (exact) mass is 525 g/mol. The summed E-state index contributed by atoms with van der Waals surface area (Å²) in [5.41, 5.74) is -0.333. The first kappa shape index (κ1) is 23.9. The van der Waals surface area contributed by atoms with Gasteiger partial charge in [-0.2, -0.15) is 0 Å². The lowest BCUT2D eigenvalue weighted by molar-refractivity contribution is -0.0631. The normalized spacial score (nSPS) is 22.6. The van der Waals surface area contributed by atoms with Gasteiger partial charge in [-0.25, -0.2) is 0 Å². The average Bonchev–Trinajstić information content (AvgIpc) is 2.66. The second-order valence-corrected chi connectivity index (χ2v) is 8.37. The van der Waals surface area contributed by atoms with Crippen molar-refractivity contribution in [2.45, 2.75) is 18.9 Å². The Morgan fingerprint density at radius 3 is 2.25 bits per heavy atom. The minimum absolute atomic E-state index is 0. The van der Waals surface area contributed by atoms with Crippen LogP contribution in [0.5, 0.6) is 0 Å². The highest BCUT2D eigenvalue weighted by molar-refractivity contribution is 8.93. The van der Waals surface area contributed by atoms with Crippen LogP contribution in [0.2, 0.25) is 20.1 Å². The summed E-state index contributed by atoms with van der Waals surface area (Å²) in [5, 5.41) is 13.0. The van der Waals surface area contributed by atoms with E-state index in [1.807, 2.05) is 6.92 Å². The van der Waals surface area contributed by atoms with Crippen LogP contribution in [0, 0.1) is 5.92 Å². The molecule has 0 saturated carbocycles. The van der Waals surface area contributed by atoms with Crippen molar-refractivity contribution < 1.29 is 9.90 Å². The Morgan fingerprint density at radius 2 is 1.68 bits per heavy atom. The first-order chi connectivity index (χ1) is 12.8. The Morgan fingerprint density at radius 1 is 1.07 bits per heavy atom. The molecule has 1 saturated heterocycles. The van der Waals surface area contributed by atoms with Crippen molar-refractivity contribution in [2.24, 2.45) is 5.92 Å². The SMILES string of the molecule is Br.CCN1CCC(O)(c2ccc(Cl)c(Cl)c2)C(C(=O)c2ccc(Cl)c(Cl)c2)C1. The number of rotatable bonds is 4. The molecular formula is C20H20BrCl4NO2. The molecule has 3 nitrogen and oxygen atoms in total. The molecule has 2 unspecified atom stereocenters. The van der Waals surface area contributed by atoms with E-state index in [1.54, 1.807) is 36.4 Å². The van der Waals surface area contributed by atoms with Gasteiger partial charge >= 0.3 is 0 Å². The van der Waals surface area contributed by atoms with Gasteiger partial charge in [0.25, 0.3) is 0 Å². The maximum absolute atomic E-state index is 13.3. The van der Waals surface area contributed by atoms with Crippen LogP contribution in [0.15, 0.2) is 36.4 Å². The first-order valence-corrected chi connectivity index (χ1v) is 10.2. The third-order valence-electron chi connectivity index (χ3n) is 5.21.